The summed E-state index contributed by atoms with van der Waals surface area (Å²) in [4.78, 5) is 38.1. The number of ketones is 2. The van der Waals surface area contributed by atoms with Crippen molar-refractivity contribution in [3.05, 3.63) is 12.2 Å². The number of carbonyl (C=O) groups is 3. The molecule has 0 saturated heterocycles. The van der Waals surface area contributed by atoms with Gasteiger partial charge >= 0.3 is 5.97 Å². The van der Waals surface area contributed by atoms with E-state index in [9.17, 15) is 14.4 Å². The molecule has 7 atom stereocenters. The minimum absolute atomic E-state index is 0.0564. The van der Waals surface area contributed by atoms with Gasteiger partial charge in [0.1, 0.15) is 17.2 Å². The van der Waals surface area contributed by atoms with Gasteiger partial charge in [0.05, 0.1) is 5.92 Å². The zero-order chi connectivity index (χ0) is 17.5. The molecule has 0 heterocycles. The van der Waals surface area contributed by atoms with Crippen molar-refractivity contribution >= 4 is 17.5 Å². The van der Waals surface area contributed by atoms with Gasteiger partial charge in [-0.05, 0) is 50.9 Å². The lowest BCUT2D eigenvalue weighted by Crippen LogP contribution is -2.41. The minimum atomic E-state index is -0.456. The Kier molecular flexibility index (Phi) is 3.19. The highest BCUT2D eigenvalue weighted by molar-refractivity contribution is 6.01. The van der Waals surface area contributed by atoms with Gasteiger partial charge in [-0.25, -0.2) is 0 Å². The largest absolute Gasteiger partial charge is 0.459 e. The van der Waals surface area contributed by atoms with Gasteiger partial charge in [0.25, 0.3) is 0 Å². The maximum absolute atomic E-state index is 13.0. The number of hydrogen-bond donors (Lipinski definition) is 0. The van der Waals surface area contributed by atoms with Crippen molar-refractivity contribution in [3.63, 3.8) is 0 Å². The van der Waals surface area contributed by atoms with Crippen LogP contribution >= 0.6 is 0 Å². The van der Waals surface area contributed by atoms with E-state index in [1.807, 2.05) is 26.0 Å². The number of Topliss-reactive ketones (excluding diaryl/α,β-unsaturated/α-hetero) is 2. The molecule has 134 valence electrons. The molecule has 0 radical (unpaired) electrons. The average molecular weight is 342 g/mol. The highest BCUT2D eigenvalue weighted by Crippen LogP contribution is 2.64. The smallest absolute Gasteiger partial charge is 0.310 e. The maximum Gasteiger partial charge on any atom is 0.310 e. The van der Waals surface area contributed by atoms with Crippen LogP contribution in [0.3, 0.4) is 0 Å². The van der Waals surface area contributed by atoms with E-state index in [2.05, 4.69) is 0 Å². The summed E-state index contributed by atoms with van der Waals surface area (Å²) in [6.07, 6.45) is 9.21. The summed E-state index contributed by atoms with van der Waals surface area (Å²) in [6.45, 7) is 4.03. The quantitative estimate of drug-likeness (QED) is 0.449. The van der Waals surface area contributed by atoms with Gasteiger partial charge < -0.3 is 4.74 Å². The molecule has 0 amide bonds. The van der Waals surface area contributed by atoms with Crippen LogP contribution in [0.5, 0.6) is 0 Å². The van der Waals surface area contributed by atoms with Crippen LogP contribution in [-0.2, 0) is 19.1 Å². The summed E-state index contributed by atoms with van der Waals surface area (Å²) in [6, 6.07) is 0. The third-order valence-corrected chi connectivity index (χ3v) is 7.98. The fourth-order valence-corrected chi connectivity index (χ4v) is 6.82. The Morgan fingerprint density at radius 3 is 2.36 bits per heavy atom. The Labute approximate surface area is 148 Å². The Balaban J connectivity index is 1.36. The molecule has 0 aliphatic heterocycles. The van der Waals surface area contributed by atoms with Crippen LogP contribution in [0, 0.1) is 47.3 Å². The lowest BCUT2D eigenvalue weighted by molar-refractivity contribution is -0.170. The molecule has 0 aromatic heterocycles. The fourth-order valence-electron chi connectivity index (χ4n) is 6.82. The highest BCUT2D eigenvalue weighted by atomic mass is 16.6. The molecule has 4 bridgehead atoms. The molecule has 4 fully saturated rings. The van der Waals surface area contributed by atoms with Gasteiger partial charge in [-0.2, -0.15) is 0 Å². The molecule has 4 saturated carbocycles. The zero-order valence-electron chi connectivity index (χ0n) is 14.9. The molecule has 4 nitrogen and oxygen atoms in total. The van der Waals surface area contributed by atoms with Crippen LogP contribution in [0.15, 0.2) is 12.2 Å². The van der Waals surface area contributed by atoms with Gasteiger partial charge in [0.15, 0.2) is 0 Å². The molecule has 7 unspecified atom stereocenters. The summed E-state index contributed by atoms with van der Waals surface area (Å²) < 4.78 is 5.97. The number of hydrogen-bond acceptors (Lipinski definition) is 4. The van der Waals surface area contributed by atoms with Crippen LogP contribution in [0.25, 0.3) is 0 Å². The van der Waals surface area contributed by atoms with Gasteiger partial charge in [0.2, 0.25) is 0 Å². The fraction of sp³-hybridized carbons (Fsp3) is 0.762. The van der Waals surface area contributed by atoms with Crippen molar-refractivity contribution in [2.24, 2.45) is 47.3 Å². The molecule has 4 heteroatoms. The van der Waals surface area contributed by atoms with E-state index in [0.717, 1.165) is 12.8 Å². The van der Waals surface area contributed by atoms with E-state index in [0.29, 0.717) is 12.3 Å². The van der Waals surface area contributed by atoms with Crippen LogP contribution in [0.1, 0.15) is 46.0 Å². The number of fused-ring (bicyclic) bond motifs is 9. The normalized spacial score (nSPS) is 44.8. The van der Waals surface area contributed by atoms with E-state index in [1.54, 1.807) is 0 Å². The average Bonchev–Trinajstić information content (AvgIpc) is 3.34. The Morgan fingerprint density at radius 2 is 1.68 bits per heavy atom. The molecule has 5 rings (SSSR count). The third-order valence-electron chi connectivity index (χ3n) is 7.98. The van der Waals surface area contributed by atoms with Crippen LogP contribution in [-0.4, -0.2) is 23.1 Å². The van der Waals surface area contributed by atoms with Crippen molar-refractivity contribution in [3.8, 4) is 0 Å². The van der Waals surface area contributed by atoms with Gasteiger partial charge in [0, 0.05) is 23.7 Å². The van der Waals surface area contributed by atoms with Crippen molar-refractivity contribution in [2.75, 3.05) is 0 Å². The molecule has 0 aromatic carbocycles. The lowest BCUT2D eigenvalue weighted by atomic mass is 9.69. The van der Waals surface area contributed by atoms with Crippen LogP contribution in [0.4, 0.5) is 0 Å². The topological polar surface area (TPSA) is 60.4 Å². The number of rotatable bonds is 3. The predicted octanol–water partition coefficient (Wildman–Crippen LogP) is 2.95. The summed E-state index contributed by atoms with van der Waals surface area (Å²) >= 11 is 0. The summed E-state index contributed by atoms with van der Waals surface area (Å²) in [7, 11) is 0. The highest BCUT2D eigenvalue weighted by Gasteiger charge is 2.69. The van der Waals surface area contributed by atoms with Crippen LogP contribution in [0.2, 0.25) is 0 Å². The van der Waals surface area contributed by atoms with Crippen LogP contribution < -0.4 is 0 Å². The standard InChI is InChI=1S/C21H26O4/c1-21(2,10-5-3-4-6-10)25-20(24)14-9-13-15-11-7-8-12(18(11)22)16(15)17(14)19(13)23/h7-8,10-17H,3-6,9H2,1-2H3. The number of esters is 1. The van der Waals surface area contributed by atoms with E-state index in [4.69, 9.17) is 4.74 Å². The Bertz CT molecular complexity index is 684. The second kappa shape index (κ2) is 5.05. The monoisotopic (exact) mass is 342 g/mol. The van der Waals surface area contributed by atoms with E-state index in [1.165, 1.54) is 12.8 Å². The Hall–Kier alpha value is -1.45. The van der Waals surface area contributed by atoms with Crippen molar-refractivity contribution in [1.82, 2.24) is 0 Å². The Morgan fingerprint density at radius 1 is 1.04 bits per heavy atom. The summed E-state index contributed by atoms with van der Waals surface area (Å²) in [5.41, 5.74) is -0.456. The number of allylic oxidation sites excluding steroid dienone is 2. The third kappa shape index (κ3) is 1.97. The first-order valence-electron chi connectivity index (χ1n) is 9.89. The maximum atomic E-state index is 13.0. The SMILES string of the molecule is CC(C)(OC(=O)C1CC2C(=O)C1C1C3C=CC(C3=O)C21)C1CCCC1. The first kappa shape index (κ1) is 15.8. The molecular formula is C21H26O4. The molecule has 5 aliphatic carbocycles. The van der Waals surface area contributed by atoms with Crippen molar-refractivity contribution < 1.29 is 19.1 Å². The summed E-state index contributed by atoms with van der Waals surface area (Å²) in [5, 5.41) is 0. The second-order valence-corrected chi connectivity index (χ2v) is 9.38. The van der Waals surface area contributed by atoms with Gasteiger partial charge in [-0.1, -0.05) is 25.0 Å². The molecule has 0 N–H and O–H groups in total. The molecule has 0 spiro atoms. The predicted molar refractivity (Wildman–Crippen MR) is 90.3 cm³/mol. The minimum Gasteiger partial charge on any atom is -0.459 e. The van der Waals surface area contributed by atoms with E-state index >= 15 is 0 Å². The number of ether oxygens (including phenoxy) is 1. The zero-order valence-corrected chi connectivity index (χ0v) is 14.9. The molecule has 5 aliphatic rings. The van der Waals surface area contributed by atoms with Gasteiger partial charge in [-0.3, -0.25) is 14.4 Å². The first-order valence-corrected chi connectivity index (χ1v) is 9.89. The second-order valence-electron chi connectivity index (χ2n) is 9.38. The van der Waals surface area contributed by atoms with E-state index in [-0.39, 0.29) is 59.0 Å². The number of carbonyl (C=O) groups excluding carboxylic acids is 3. The van der Waals surface area contributed by atoms with Gasteiger partial charge in [-0.15, -0.1) is 0 Å². The molecular weight excluding hydrogens is 316 g/mol. The molecule has 0 aromatic rings. The first-order chi connectivity index (χ1) is 11.9. The van der Waals surface area contributed by atoms with Crippen molar-refractivity contribution in [1.29, 1.82) is 0 Å². The molecule has 25 heavy (non-hydrogen) atoms. The lowest BCUT2D eigenvalue weighted by Gasteiger charge is -2.36. The van der Waals surface area contributed by atoms with Crippen molar-refractivity contribution in [2.45, 2.75) is 51.6 Å². The van der Waals surface area contributed by atoms with E-state index < -0.39 is 5.60 Å². The summed E-state index contributed by atoms with van der Waals surface area (Å²) in [5.74, 6) is 0.0124.